The summed E-state index contributed by atoms with van der Waals surface area (Å²) < 4.78 is 14.8. The van der Waals surface area contributed by atoms with E-state index in [4.69, 9.17) is 0 Å². The molecule has 3 saturated carbocycles. The molecule has 0 amide bonds. The van der Waals surface area contributed by atoms with Crippen LogP contribution in [-0.2, 0) is 9.59 Å². The summed E-state index contributed by atoms with van der Waals surface area (Å²) in [5.41, 5.74) is 0.429. The molecule has 3 aliphatic carbocycles. The van der Waals surface area contributed by atoms with Crippen LogP contribution in [0.4, 0.5) is 4.39 Å². The lowest BCUT2D eigenvalue weighted by atomic mass is 9.59. The summed E-state index contributed by atoms with van der Waals surface area (Å²) in [7, 11) is 0. The highest BCUT2D eigenvalue weighted by atomic mass is 19.1. The standard InChI is InChI=1S/C19H19FO3/c20-13-9-11-7-4-8-12-14(11)16(19(23)18(12)22)15(13)17(21)10-5-2-1-3-6-10/h1-3,5-6,11-16H,4,7-9H2. The zero-order chi connectivity index (χ0) is 16.1. The number of Topliss-reactive ketones (excluding diaryl/α,β-unsaturated/α-hetero) is 3. The molecular formula is C19H19FO3. The SMILES string of the molecule is O=C1C(=O)C2C(C(=O)c3ccccc3)C(F)CC3CCCC1C32. The second kappa shape index (κ2) is 5.36. The number of ketones is 3. The van der Waals surface area contributed by atoms with Gasteiger partial charge in [-0.25, -0.2) is 4.39 Å². The molecule has 0 N–H and O–H groups in total. The van der Waals surface area contributed by atoms with Crippen molar-refractivity contribution in [3.63, 3.8) is 0 Å². The van der Waals surface area contributed by atoms with Crippen LogP contribution in [0.1, 0.15) is 36.0 Å². The van der Waals surface area contributed by atoms with Crippen LogP contribution in [0.25, 0.3) is 0 Å². The molecule has 0 aromatic heterocycles. The third-order valence-electron chi connectivity index (χ3n) is 6.06. The van der Waals surface area contributed by atoms with Crippen LogP contribution >= 0.6 is 0 Å². The molecule has 1 aromatic carbocycles. The van der Waals surface area contributed by atoms with Gasteiger partial charge in [0.2, 0.25) is 11.6 Å². The Kier molecular flexibility index (Phi) is 3.43. The Labute approximate surface area is 134 Å². The van der Waals surface area contributed by atoms with Gasteiger partial charge in [-0.1, -0.05) is 43.2 Å². The molecule has 120 valence electrons. The van der Waals surface area contributed by atoms with Crippen LogP contribution in [-0.4, -0.2) is 23.5 Å². The van der Waals surface area contributed by atoms with E-state index in [0.29, 0.717) is 18.4 Å². The summed E-state index contributed by atoms with van der Waals surface area (Å²) in [5, 5.41) is 0. The summed E-state index contributed by atoms with van der Waals surface area (Å²) in [5.74, 6) is -3.23. The summed E-state index contributed by atoms with van der Waals surface area (Å²) in [6, 6.07) is 8.57. The zero-order valence-electron chi connectivity index (χ0n) is 12.8. The van der Waals surface area contributed by atoms with Gasteiger partial charge in [0.15, 0.2) is 5.78 Å². The van der Waals surface area contributed by atoms with E-state index in [-0.39, 0.29) is 29.3 Å². The fourth-order valence-corrected chi connectivity index (χ4v) is 5.15. The molecule has 1 aromatic rings. The Hall–Kier alpha value is -1.84. The van der Waals surface area contributed by atoms with Crippen molar-refractivity contribution in [1.29, 1.82) is 0 Å². The van der Waals surface area contributed by atoms with Crippen molar-refractivity contribution in [3.8, 4) is 0 Å². The summed E-state index contributed by atoms with van der Waals surface area (Å²) in [6.45, 7) is 0. The molecule has 4 rings (SSSR count). The number of carbonyl (C=O) groups is 3. The monoisotopic (exact) mass is 314 g/mol. The number of hydrogen-bond acceptors (Lipinski definition) is 3. The first-order chi connectivity index (χ1) is 11.1. The molecular weight excluding hydrogens is 295 g/mol. The van der Waals surface area contributed by atoms with Crippen LogP contribution in [0.5, 0.6) is 0 Å². The maximum absolute atomic E-state index is 14.8. The van der Waals surface area contributed by atoms with Crippen LogP contribution in [0.2, 0.25) is 0 Å². The van der Waals surface area contributed by atoms with E-state index in [1.807, 2.05) is 0 Å². The minimum atomic E-state index is -1.33. The van der Waals surface area contributed by atoms with E-state index in [2.05, 4.69) is 0 Å². The fraction of sp³-hybridized carbons (Fsp3) is 0.526. The Balaban J connectivity index is 1.74. The number of rotatable bonds is 2. The first kappa shape index (κ1) is 14.7. The van der Waals surface area contributed by atoms with Gasteiger partial charge in [0, 0.05) is 17.4 Å². The maximum Gasteiger partial charge on any atom is 0.202 e. The summed E-state index contributed by atoms with van der Waals surface area (Å²) in [4.78, 5) is 37.6. The first-order valence-corrected chi connectivity index (χ1v) is 8.41. The van der Waals surface area contributed by atoms with Gasteiger partial charge in [0.05, 0.1) is 5.92 Å². The molecule has 3 nitrogen and oxygen atoms in total. The second-order valence-corrected chi connectivity index (χ2v) is 7.14. The molecule has 3 fully saturated rings. The van der Waals surface area contributed by atoms with Gasteiger partial charge < -0.3 is 0 Å². The van der Waals surface area contributed by atoms with Crippen LogP contribution in [0, 0.1) is 29.6 Å². The minimum Gasteiger partial charge on any atom is -0.294 e. The van der Waals surface area contributed by atoms with Crippen molar-refractivity contribution in [3.05, 3.63) is 35.9 Å². The highest BCUT2D eigenvalue weighted by Crippen LogP contribution is 2.54. The summed E-state index contributed by atoms with van der Waals surface area (Å²) >= 11 is 0. The van der Waals surface area contributed by atoms with Gasteiger partial charge in [-0.3, -0.25) is 14.4 Å². The lowest BCUT2D eigenvalue weighted by Gasteiger charge is -2.44. The quantitative estimate of drug-likeness (QED) is 0.623. The molecule has 0 aliphatic heterocycles. The maximum atomic E-state index is 14.8. The van der Waals surface area contributed by atoms with Crippen LogP contribution in [0.15, 0.2) is 30.3 Å². The number of benzene rings is 1. The molecule has 6 unspecified atom stereocenters. The number of alkyl halides is 1. The molecule has 4 heteroatoms. The smallest absolute Gasteiger partial charge is 0.202 e. The van der Waals surface area contributed by atoms with Gasteiger partial charge in [0.25, 0.3) is 0 Å². The van der Waals surface area contributed by atoms with Crippen LogP contribution in [0.3, 0.4) is 0 Å². The highest BCUT2D eigenvalue weighted by Gasteiger charge is 2.61. The van der Waals surface area contributed by atoms with E-state index in [1.165, 1.54) is 0 Å². The van der Waals surface area contributed by atoms with Gasteiger partial charge in [-0.2, -0.15) is 0 Å². The molecule has 0 heterocycles. The van der Waals surface area contributed by atoms with Crippen molar-refractivity contribution < 1.29 is 18.8 Å². The average molecular weight is 314 g/mol. The number of carbonyl (C=O) groups excluding carboxylic acids is 3. The fourth-order valence-electron chi connectivity index (χ4n) is 5.15. The number of halogens is 1. The molecule has 0 saturated heterocycles. The Bertz CT molecular complexity index is 668. The normalized spacial score (nSPS) is 39.2. The third kappa shape index (κ3) is 2.11. The van der Waals surface area contributed by atoms with Crippen molar-refractivity contribution in [1.82, 2.24) is 0 Å². The first-order valence-electron chi connectivity index (χ1n) is 8.41. The van der Waals surface area contributed by atoms with Gasteiger partial charge in [-0.15, -0.1) is 0 Å². The van der Waals surface area contributed by atoms with Crippen LogP contribution < -0.4 is 0 Å². The predicted molar refractivity (Wildman–Crippen MR) is 81.6 cm³/mol. The molecule has 6 atom stereocenters. The Morgan fingerprint density at radius 2 is 1.78 bits per heavy atom. The van der Waals surface area contributed by atoms with Crippen molar-refractivity contribution >= 4 is 17.3 Å². The van der Waals surface area contributed by atoms with Crippen molar-refractivity contribution in [2.24, 2.45) is 29.6 Å². The van der Waals surface area contributed by atoms with Gasteiger partial charge in [-0.05, 0) is 24.7 Å². The van der Waals surface area contributed by atoms with Gasteiger partial charge in [0.1, 0.15) is 6.17 Å². The van der Waals surface area contributed by atoms with E-state index >= 15 is 0 Å². The molecule has 0 spiro atoms. The minimum absolute atomic E-state index is 0.0731. The average Bonchev–Trinajstić information content (AvgIpc) is 2.82. The second-order valence-electron chi connectivity index (χ2n) is 7.14. The third-order valence-corrected chi connectivity index (χ3v) is 6.06. The molecule has 0 bridgehead atoms. The summed E-state index contributed by atoms with van der Waals surface area (Å²) in [6.07, 6.45) is 1.43. The van der Waals surface area contributed by atoms with Crippen molar-refractivity contribution in [2.75, 3.05) is 0 Å². The lowest BCUT2D eigenvalue weighted by Crippen LogP contribution is -2.47. The van der Waals surface area contributed by atoms with E-state index < -0.39 is 23.8 Å². The molecule has 3 aliphatic rings. The largest absolute Gasteiger partial charge is 0.294 e. The highest BCUT2D eigenvalue weighted by molar-refractivity contribution is 6.41. The Morgan fingerprint density at radius 3 is 2.52 bits per heavy atom. The topological polar surface area (TPSA) is 51.2 Å². The van der Waals surface area contributed by atoms with E-state index in [1.54, 1.807) is 30.3 Å². The van der Waals surface area contributed by atoms with Gasteiger partial charge >= 0.3 is 0 Å². The molecule has 0 radical (unpaired) electrons. The number of hydrogen-bond donors (Lipinski definition) is 0. The Morgan fingerprint density at radius 1 is 1.04 bits per heavy atom. The van der Waals surface area contributed by atoms with E-state index in [9.17, 15) is 18.8 Å². The van der Waals surface area contributed by atoms with E-state index in [0.717, 1.165) is 12.8 Å². The zero-order valence-corrected chi connectivity index (χ0v) is 12.8. The lowest BCUT2D eigenvalue weighted by molar-refractivity contribution is -0.138. The molecule has 23 heavy (non-hydrogen) atoms. The predicted octanol–water partition coefficient (Wildman–Crippen LogP) is 3.03. The van der Waals surface area contributed by atoms with Crippen molar-refractivity contribution in [2.45, 2.75) is 31.9 Å².